The third-order valence-corrected chi connectivity index (χ3v) is 4.82. The Kier molecular flexibility index (Phi) is 4.77. The number of ether oxygens (including phenoxy) is 1. The van der Waals surface area contributed by atoms with E-state index in [-0.39, 0.29) is 29.2 Å². The molecule has 6 nitrogen and oxygen atoms in total. The Morgan fingerprint density at radius 2 is 2.39 bits per heavy atom. The fourth-order valence-corrected chi connectivity index (χ4v) is 3.60. The van der Waals surface area contributed by atoms with Crippen LogP contribution >= 0.6 is 11.3 Å². The highest BCUT2D eigenvalue weighted by Crippen LogP contribution is 2.20. The number of hydrogen-bond donors (Lipinski definition) is 1. The second-order valence-electron chi connectivity index (χ2n) is 6.29. The molecule has 2 aromatic heterocycles. The Balaban J connectivity index is 1.79. The van der Waals surface area contributed by atoms with Crippen molar-refractivity contribution < 1.29 is 9.53 Å². The molecule has 0 radical (unpaired) electrons. The van der Waals surface area contributed by atoms with Crippen LogP contribution in [0, 0.1) is 5.92 Å². The van der Waals surface area contributed by atoms with Crippen molar-refractivity contribution in [1.29, 1.82) is 0 Å². The topological polar surface area (TPSA) is 72.7 Å². The average molecular weight is 335 g/mol. The quantitative estimate of drug-likeness (QED) is 0.928. The van der Waals surface area contributed by atoms with Crippen LogP contribution in [0.25, 0.3) is 4.96 Å². The number of rotatable bonds is 4. The predicted molar refractivity (Wildman–Crippen MR) is 89.0 cm³/mol. The molecule has 1 amide bonds. The zero-order valence-corrected chi connectivity index (χ0v) is 14.1. The fourth-order valence-electron chi connectivity index (χ4n) is 2.93. The summed E-state index contributed by atoms with van der Waals surface area (Å²) >= 11 is 1.36. The Bertz CT molecular complexity index is 752. The van der Waals surface area contributed by atoms with Crippen molar-refractivity contribution in [2.45, 2.75) is 45.3 Å². The van der Waals surface area contributed by atoms with Crippen LogP contribution in [-0.4, -0.2) is 34.0 Å². The molecule has 0 aliphatic carbocycles. The second-order valence-corrected chi connectivity index (χ2v) is 7.17. The number of carbonyl (C=O) groups excluding carboxylic acids is 1. The minimum Gasteiger partial charge on any atom is -0.376 e. The number of aromatic nitrogens is 2. The number of hydrogen-bond acceptors (Lipinski definition) is 5. The van der Waals surface area contributed by atoms with Gasteiger partial charge < -0.3 is 10.1 Å². The number of nitrogens with one attached hydrogen (secondary N) is 1. The molecule has 0 saturated carbocycles. The third-order valence-electron chi connectivity index (χ3n) is 4.05. The highest BCUT2D eigenvalue weighted by Gasteiger charge is 2.29. The van der Waals surface area contributed by atoms with Gasteiger partial charge in [-0.25, -0.2) is 4.98 Å². The summed E-state index contributed by atoms with van der Waals surface area (Å²) in [5.41, 5.74) is -0.249. The van der Waals surface area contributed by atoms with Crippen molar-refractivity contribution in [1.82, 2.24) is 14.7 Å². The van der Waals surface area contributed by atoms with Crippen molar-refractivity contribution in [2.24, 2.45) is 5.92 Å². The summed E-state index contributed by atoms with van der Waals surface area (Å²) in [5, 5.41) is 4.75. The Labute approximate surface area is 138 Å². The van der Waals surface area contributed by atoms with Crippen LogP contribution in [0.5, 0.6) is 0 Å². The van der Waals surface area contributed by atoms with Gasteiger partial charge in [-0.2, -0.15) is 0 Å². The minimum atomic E-state index is -0.368. The molecule has 1 saturated heterocycles. The standard InChI is InChI=1S/C16H21N3O3S/c1-10(2)8-13-12(4-3-6-22-13)18-14(20)11-9-17-16-19(15(11)21)5-7-23-16/h5,7,9-10,12-13H,3-4,6,8H2,1-2H3,(H,18,20)/t12-,13+/m1/s1. The first-order valence-corrected chi connectivity index (χ1v) is 8.81. The van der Waals surface area contributed by atoms with E-state index in [1.54, 1.807) is 11.6 Å². The number of fused-ring (bicyclic) bond motifs is 1. The summed E-state index contributed by atoms with van der Waals surface area (Å²) in [6.07, 6.45) is 5.69. The maximum atomic E-state index is 12.5. The molecule has 1 N–H and O–H groups in total. The Morgan fingerprint density at radius 3 is 3.17 bits per heavy atom. The molecule has 0 bridgehead atoms. The van der Waals surface area contributed by atoms with Crippen LogP contribution < -0.4 is 10.9 Å². The SMILES string of the molecule is CC(C)C[C@@H]1OCCC[C@H]1NC(=O)c1cnc2sccn2c1=O. The molecular formula is C16H21N3O3S. The van der Waals surface area contributed by atoms with E-state index in [9.17, 15) is 9.59 Å². The predicted octanol–water partition coefficient (Wildman–Crippen LogP) is 2.08. The van der Waals surface area contributed by atoms with E-state index in [2.05, 4.69) is 24.1 Å². The summed E-state index contributed by atoms with van der Waals surface area (Å²) in [5.74, 6) is 0.124. The lowest BCUT2D eigenvalue weighted by molar-refractivity contribution is -0.0186. The van der Waals surface area contributed by atoms with E-state index in [1.807, 2.05) is 0 Å². The van der Waals surface area contributed by atoms with Crippen molar-refractivity contribution in [3.8, 4) is 0 Å². The van der Waals surface area contributed by atoms with E-state index in [1.165, 1.54) is 21.9 Å². The summed E-state index contributed by atoms with van der Waals surface area (Å²) in [6.45, 7) is 5.00. The zero-order chi connectivity index (χ0) is 16.4. The van der Waals surface area contributed by atoms with E-state index in [4.69, 9.17) is 4.74 Å². The molecule has 1 fully saturated rings. The zero-order valence-electron chi connectivity index (χ0n) is 13.3. The molecule has 1 aliphatic heterocycles. The second kappa shape index (κ2) is 6.80. The van der Waals surface area contributed by atoms with Crippen molar-refractivity contribution in [2.75, 3.05) is 6.61 Å². The molecule has 0 aromatic carbocycles. The van der Waals surface area contributed by atoms with Gasteiger partial charge in [0.15, 0.2) is 4.96 Å². The Morgan fingerprint density at radius 1 is 1.57 bits per heavy atom. The fraction of sp³-hybridized carbons (Fsp3) is 0.562. The van der Waals surface area contributed by atoms with Crippen molar-refractivity contribution >= 4 is 22.2 Å². The molecule has 3 heterocycles. The van der Waals surface area contributed by atoms with Crippen LogP contribution in [0.4, 0.5) is 0 Å². The van der Waals surface area contributed by atoms with Gasteiger partial charge in [0.25, 0.3) is 11.5 Å². The molecule has 124 valence electrons. The molecule has 23 heavy (non-hydrogen) atoms. The maximum Gasteiger partial charge on any atom is 0.271 e. The smallest absolute Gasteiger partial charge is 0.271 e. The molecule has 7 heteroatoms. The largest absolute Gasteiger partial charge is 0.376 e. The van der Waals surface area contributed by atoms with E-state index >= 15 is 0 Å². The summed E-state index contributed by atoms with van der Waals surface area (Å²) < 4.78 is 7.22. The lowest BCUT2D eigenvalue weighted by Gasteiger charge is -2.33. The molecule has 2 atom stereocenters. The van der Waals surface area contributed by atoms with E-state index < -0.39 is 0 Å². The van der Waals surface area contributed by atoms with Crippen LogP contribution in [0.1, 0.15) is 43.5 Å². The first kappa shape index (κ1) is 16.1. The third kappa shape index (κ3) is 3.45. The summed E-state index contributed by atoms with van der Waals surface area (Å²) in [6, 6.07) is -0.0544. The van der Waals surface area contributed by atoms with Crippen LogP contribution in [0.15, 0.2) is 22.6 Å². The normalized spacial score (nSPS) is 21.7. The maximum absolute atomic E-state index is 12.5. The molecule has 3 rings (SSSR count). The molecule has 0 spiro atoms. The van der Waals surface area contributed by atoms with Gasteiger partial charge in [-0.1, -0.05) is 13.8 Å². The highest BCUT2D eigenvalue weighted by atomic mass is 32.1. The van der Waals surface area contributed by atoms with Crippen LogP contribution in [0.2, 0.25) is 0 Å². The van der Waals surface area contributed by atoms with Crippen molar-refractivity contribution in [3.05, 3.63) is 33.7 Å². The van der Waals surface area contributed by atoms with Gasteiger partial charge in [-0.05, 0) is 25.2 Å². The number of nitrogens with zero attached hydrogens (tertiary/aromatic N) is 2. The lowest BCUT2D eigenvalue weighted by Crippen LogP contribution is -2.48. The van der Waals surface area contributed by atoms with Gasteiger partial charge in [0.05, 0.1) is 12.1 Å². The van der Waals surface area contributed by atoms with Crippen LogP contribution in [0.3, 0.4) is 0 Å². The van der Waals surface area contributed by atoms with E-state index in [0.717, 1.165) is 25.9 Å². The van der Waals surface area contributed by atoms with Gasteiger partial charge >= 0.3 is 0 Å². The Hall–Kier alpha value is -1.73. The monoisotopic (exact) mass is 335 g/mol. The van der Waals surface area contributed by atoms with Gasteiger partial charge in [0.1, 0.15) is 5.56 Å². The lowest BCUT2D eigenvalue weighted by atomic mass is 9.94. The van der Waals surface area contributed by atoms with E-state index in [0.29, 0.717) is 10.9 Å². The first-order valence-electron chi connectivity index (χ1n) is 7.93. The number of thiazole rings is 1. The van der Waals surface area contributed by atoms with Gasteiger partial charge in [0.2, 0.25) is 0 Å². The molecule has 1 aliphatic rings. The van der Waals surface area contributed by atoms with Crippen molar-refractivity contribution in [3.63, 3.8) is 0 Å². The molecular weight excluding hydrogens is 314 g/mol. The van der Waals surface area contributed by atoms with Gasteiger partial charge in [0, 0.05) is 24.4 Å². The summed E-state index contributed by atoms with van der Waals surface area (Å²) in [7, 11) is 0. The van der Waals surface area contributed by atoms with Gasteiger partial charge in [-0.15, -0.1) is 11.3 Å². The van der Waals surface area contributed by atoms with Crippen LogP contribution in [-0.2, 0) is 4.74 Å². The van der Waals surface area contributed by atoms with Gasteiger partial charge in [-0.3, -0.25) is 14.0 Å². The number of amides is 1. The highest BCUT2D eigenvalue weighted by molar-refractivity contribution is 7.15. The average Bonchev–Trinajstić information content (AvgIpc) is 2.98. The first-order chi connectivity index (χ1) is 11.1. The molecule has 2 aromatic rings. The minimum absolute atomic E-state index is 0.00768. The number of carbonyl (C=O) groups is 1. The molecule has 0 unspecified atom stereocenters. The summed E-state index contributed by atoms with van der Waals surface area (Å²) in [4.78, 5) is 29.6.